The summed E-state index contributed by atoms with van der Waals surface area (Å²) in [6.45, 7) is 0.722. The first kappa shape index (κ1) is 16.2. The Bertz CT molecular complexity index is 504. The van der Waals surface area contributed by atoms with Crippen LogP contribution in [0, 0.1) is 29.6 Å². The number of rotatable bonds is 6. The minimum absolute atomic E-state index is 0.0281. The van der Waals surface area contributed by atoms with Crippen LogP contribution in [0.2, 0.25) is 0 Å². The summed E-state index contributed by atoms with van der Waals surface area (Å²) < 4.78 is 22.3. The lowest BCUT2D eigenvalue weighted by Crippen LogP contribution is -2.51. The van der Waals surface area contributed by atoms with E-state index < -0.39 is 15.9 Å². The minimum atomic E-state index is -3.06. The van der Waals surface area contributed by atoms with Gasteiger partial charge in [0.05, 0.1) is 11.8 Å². The van der Waals surface area contributed by atoms with E-state index in [-0.39, 0.29) is 18.1 Å². The molecule has 0 saturated heterocycles. The standard InChI is InChI=1S/C16H28N2O3S/c1-22(20,21)3-2-15(17)16(19)18-9-14-12-5-10-4-11(7-12)8-13(14)6-10/h10-15H,2-9,17H2,1H3,(H,18,19). The van der Waals surface area contributed by atoms with Gasteiger partial charge in [0.1, 0.15) is 9.84 Å². The lowest BCUT2D eigenvalue weighted by Gasteiger charge is -2.54. The second-order valence-corrected chi connectivity index (χ2v) is 10.1. The first-order chi connectivity index (χ1) is 10.3. The number of nitrogens with two attached hydrogens (primary N) is 1. The predicted molar refractivity (Wildman–Crippen MR) is 85.8 cm³/mol. The lowest BCUT2D eigenvalue weighted by atomic mass is 9.52. The third kappa shape index (κ3) is 3.65. The molecule has 0 radical (unpaired) electrons. The van der Waals surface area contributed by atoms with Gasteiger partial charge in [-0.15, -0.1) is 0 Å². The van der Waals surface area contributed by atoms with Crippen molar-refractivity contribution in [2.75, 3.05) is 18.6 Å². The third-order valence-corrected chi connectivity index (χ3v) is 7.05. The number of carbonyl (C=O) groups excluding carboxylic acids is 1. The smallest absolute Gasteiger partial charge is 0.236 e. The molecule has 4 fully saturated rings. The molecule has 4 bridgehead atoms. The molecule has 0 aromatic heterocycles. The summed E-state index contributed by atoms with van der Waals surface area (Å²) in [6.07, 6.45) is 8.17. The van der Waals surface area contributed by atoms with Crippen LogP contribution in [0.4, 0.5) is 0 Å². The van der Waals surface area contributed by atoms with Gasteiger partial charge in [-0.3, -0.25) is 4.79 Å². The van der Waals surface area contributed by atoms with Crippen molar-refractivity contribution in [2.45, 2.75) is 44.6 Å². The van der Waals surface area contributed by atoms with E-state index in [2.05, 4.69) is 5.32 Å². The lowest BCUT2D eigenvalue weighted by molar-refractivity contribution is -0.123. The Morgan fingerprint density at radius 1 is 1.14 bits per heavy atom. The van der Waals surface area contributed by atoms with Crippen molar-refractivity contribution in [3.63, 3.8) is 0 Å². The number of hydrogen-bond donors (Lipinski definition) is 2. The van der Waals surface area contributed by atoms with Gasteiger partial charge in [-0.05, 0) is 68.1 Å². The summed E-state index contributed by atoms with van der Waals surface area (Å²) in [5.41, 5.74) is 5.81. The number of nitrogens with one attached hydrogen (secondary N) is 1. The largest absolute Gasteiger partial charge is 0.354 e. The van der Waals surface area contributed by atoms with Crippen molar-refractivity contribution >= 4 is 15.7 Å². The molecule has 4 aliphatic rings. The molecule has 3 N–H and O–H groups in total. The maximum Gasteiger partial charge on any atom is 0.236 e. The van der Waals surface area contributed by atoms with Gasteiger partial charge in [0.25, 0.3) is 0 Å². The van der Waals surface area contributed by atoms with E-state index >= 15 is 0 Å². The normalized spacial score (nSPS) is 38.0. The van der Waals surface area contributed by atoms with Crippen molar-refractivity contribution in [3.05, 3.63) is 0 Å². The van der Waals surface area contributed by atoms with E-state index in [9.17, 15) is 13.2 Å². The fourth-order valence-corrected chi connectivity index (χ4v) is 5.87. The topological polar surface area (TPSA) is 89.3 Å². The highest BCUT2D eigenvalue weighted by Gasteiger charge is 2.47. The van der Waals surface area contributed by atoms with Crippen LogP contribution < -0.4 is 11.1 Å². The van der Waals surface area contributed by atoms with E-state index in [1.165, 1.54) is 38.4 Å². The molecule has 4 aliphatic carbocycles. The molecular formula is C16H28N2O3S. The Balaban J connectivity index is 1.47. The number of carbonyl (C=O) groups is 1. The van der Waals surface area contributed by atoms with Crippen LogP contribution in [0.25, 0.3) is 0 Å². The molecule has 5 nitrogen and oxygen atoms in total. The van der Waals surface area contributed by atoms with Gasteiger partial charge in [-0.1, -0.05) is 0 Å². The Kier molecular flexibility index (Phi) is 4.52. The summed E-state index contributed by atoms with van der Waals surface area (Å²) in [6, 6.07) is -0.716. The average Bonchev–Trinajstić information content (AvgIpc) is 2.42. The fourth-order valence-electron chi connectivity index (χ4n) is 5.19. The number of sulfone groups is 1. The summed E-state index contributed by atoms with van der Waals surface area (Å²) in [5.74, 6) is 3.82. The van der Waals surface area contributed by atoms with Crippen LogP contribution in [0.5, 0.6) is 0 Å². The quantitative estimate of drug-likeness (QED) is 0.759. The van der Waals surface area contributed by atoms with Crippen LogP contribution in [-0.4, -0.2) is 38.9 Å². The molecule has 0 spiro atoms. The molecule has 1 unspecified atom stereocenters. The van der Waals surface area contributed by atoms with Crippen LogP contribution >= 0.6 is 0 Å². The zero-order valence-electron chi connectivity index (χ0n) is 13.3. The molecule has 0 aromatic carbocycles. The van der Waals surface area contributed by atoms with Crippen LogP contribution in [0.15, 0.2) is 0 Å². The zero-order valence-corrected chi connectivity index (χ0v) is 14.1. The molecule has 0 heterocycles. The van der Waals surface area contributed by atoms with Crippen LogP contribution in [0.3, 0.4) is 0 Å². The van der Waals surface area contributed by atoms with E-state index in [1.807, 2.05) is 0 Å². The molecule has 1 amide bonds. The Hall–Kier alpha value is -0.620. The Morgan fingerprint density at radius 3 is 2.18 bits per heavy atom. The summed E-state index contributed by atoms with van der Waals surface area (Å²) >= 11 is 0. The highest BCUT2D eigenvalue weighted by atomic mass is 32.2. The number of hydrogen-bond acceptors (Lipinski definition) is 4. The van der Waals surface area contributed by atoms with E-state index in [0.717, 1.165) is 30.2 Å². The summed E-state index contributed by atoms with van der Waals surface area (Å²) in [4.78, 5) is 12.1. The predicted octanol–water partition coefficient (Wildman–Crippen LogP) is 0.937. The second kappa shape index (κ2) is 6.11. The third-order valence-electron chi connectivity index (χ3n) is 6.07. The Labute approximate surface area is 133 Å². The maximum absolute atomic E-state index is 12.1. The van der Waals surface area contributed by atoms with Crippen molar-refractivity contribution in [3.8, 4) is 0 Å². The summed E-state index contributed by atoms with van der Waals surface area (Å²) in [7, 11) is -3.06. The van der Waals surface area contributed by atoms with Crippen molar-refractivity contribution < 1.29 is 13.2 Å². The van der Waals surface area contributed by atoms with Crippen LogP contribution in [-0.2, 0) is 14.6 Å². The average molecular weight is 328 g/mol. The van der Waals surface area contributed by atoms with Crippen molar-refractivity contribution in [1.82, 2.24) is 5.32 Å². The van der Waals surface area contributed by atoms with Crippen LogP contribution in [0.1, 0.15) is 38.5 Å². The minimum Gasteiger partial charge on any atom is -0.354 e. The highest BCUT2D eigenvalue weighted by Crippen LogP contribution is 2.56. The molecule has 4 saturated carbocycles. The van der Waals surface area contributed by atoms with E-state index in [4.69, 9.17) is 5.73 Å². The van der Waals surface area contributed by atoms with Gasteiger partial charge in [0.2, 0.25) is 5.91 Å². The maximum atomic E-state index is 12.1. The molecule has 4 rings (SSSR count). The highest BCUT2D eigenvalue weighted by molar-refractivity contribution is 7.90. The molecule has 0 aliphatic heterocycles. The van der Waals surface area contributed by atoms with Gasteiger partial charge >= 0.3 is 0 Å². The van der Waals surface area contributed by atoms with Gasteiger partial charge in [-0.25, -0.2) is 8.42 Å². The summed E-state index contributed by atoms with van der Waals surface area (Å²) in [5, 5.41) is 2.99. The number of amides is 1. The monoisotopic (exact) mass is 328 g/mol. The van der Waals surface area contributed by atoms with Gasteiger partial charge < -0.3 is 11.1 Å². The first-order valence-corrected chi connectivity index (χ1v) is 10.6. The molecular weight excluding hydrogens is 300 g/mol. The molecule has 6 heteroatoms. The van der Waals surface area contributed by atoms with Crippen molar-refractivity contribution in [2.24, 2.45) is 35.3 Å². The van der Waals surface area contributed by atoms with E-state index in [1.54, 1.807) is 0 Å². The molecule has 1 atom stereocenters. The molecule has 22 heavy (non-hydrogen) atoms. The molecule has 0 aromatic rings. The van der Waals surface area contributed by atoms with Gasteiger partial charge in [0.15, 0.2) is 0 Å². The zero-order chi connectivity index (χ0) is 15.9. The Morgan fingerprint density at radius 2 is 1.68 bits per heavy atom. The van der Waals surface area contributed by atoms with E-state index in [0.29, 0.717) is 5.92 Å². The van der Waals surface area contributed by atoms with Gasteiger partial charge in [0, 0.05) is 12.8 Å². The van der Waals surface area contributed by atoms with Crippen molar-refractivity contribution in [1.29, 1.82) is 0 Å². The fraction of sp³-hybridized carbons (Fsp3) is 0.938. The second-order valence-electron chi connectivity index (χ2n) is 7.86. The molecule has 126 valence electrons. The first-order valence-electron chi connectivity index (χ1n) is 8.53. The van der Waals surface area contributed by atoms with Gasteiger partial charge in [-0.2, -0.15) is 0 Å². The SMILES string of the molecule is CS(=O)(=O)CCC(N)C(=O)NCC1C2CC3CC(C2)CC1C3.